The molecule has 33 heavy (non-hydrogen) atoms. The summed E-state index contributed by atoms with van der Waals surface area (Å²) in [5, 5.41) is 13.4. The summed E-state index contributed by atoms with van der Waals surface area (Å²) in [5.41, 5.74) is 2.83. The van der Waals surface area contributed by atoms with Gasteiger partial charge in [0, 0.05) is 17.1 Å². The molecule has 1 N–H and O–H groups in total. The molecule has 4 rings (SSSR count). The van der Waals surface area contributed by atoms with E-state index in [2.05, 4.69) is 4.98 Å². The molecule has 0 aliphatic carbocycles. The van der Waals surface area contributed by atoms with Crippen molar-refractivity contribution in [3.8, 4) is 11.5 Å². The maximum Gasteiger partial charge on any atom is 0.301 e. The van der Waals surface area contributed by atoms with Gasteiger partial charge < -0.3 is 14.6 Å². The number of hydrogen-bond acceptors (Lipinski definition) is 7. The van der Waals surface area contributed by atoms with Crippen LogP contribution in [-0.2, 0) is 9.59 Å². The molecule has 0 bridgehead atoms. The number of rotatable bonds is 6. The van der Waals surface area contributed by atoms with Gasteiger partial charge in [-0.15, -0.1) is 11.3 Å². The molecule has 2 heterocycles. The summed E-state index contributed by atoms with van der Waals surface area (Å²) in [6.07, 6.45) is 1.57. The van der Waals surface area contributed by atoms with Gasteiger partial charge in [-0.2, -0.15) is 0 Å². The zero-order valence-electron chi connectivity index (χ0n) is 18.8. The molecular formula is C25H24N2O5S. The molecule has 0 radical (unpaired) electrons. The lowest BCUT2D eigenvalue weighted by Gasteiger charge is -2.24. The predicted octanol–water partition coefficient (Wildman–Crippen LogP) is 4.79. The zero-order chi connectivity index (χ0) is 23.7. The fraction of sp³-hybridized carbons (Fsp3) is 0.240. The van der Waals surface area contributed by atoms with E-state index in [0.717, 1.165) is 11.1 Å². The van der Waals surface area contributed by atoms with Gasteiger partial charge in [0.25, 0.3) is 5.78 Å². The Morgan fingerprint density at radius 1 is 1.15 bits per heavy atom. The minimum Gasteiger partial charge on any atom is -0.507 e. The Morgan fingerprint density at radius 2 is 1.94 bits per heavy atom. The highest BCUT2D eigenvalue weighted by molar-refractivity contribution is 7.14. The lowest BCUT2D eigenvalue weighted by Crippen LogP contribution is -2.29. The summed E-state index contributed by atoms with van der Waals surface area (Å²) < 4.78 is 11.1. The van der Waals surface area contributed by atoms with Gasteiger partial charge in [-0.1, -0.05) is 23.8 Å². The van der Waals surface area contributed by atoms with E-state index in [-0.39, 0.29) is 11.3 Å². The first-order chi connectivity index (χ1) is 15.9. The molecule has 3 aromatic rings. The highest BCUT2D eigenvalue weighted by Crippen LogP contribution is 2.44. The SMILES string of the molecule is CCOc1ccc(C2/C(=C(\O)c3cc(C)ccc3C)C(=O)C(=O)N2c2nccs2)cc1OC. The van der Waals surface area contributed by atoms with Crippen LogP contribution in [0.5, 0.6) is 11.5 Å². The van der Waals surface area contributed by atoms with Gasteiger partial charge in [0.15, 0.2) is 16.6 Å². The maximum atomic E-state index is 13.2. The third-order valence-electron chi connectivity index (χ3n) is 5.52. The van der Waals surface area contributed by atoms with Crippen molar-refractivity contribution >= 4 is 33.9 Å². The Kier molecular flexibility index (Phi) is 6.20. The Bertz CT molecular complexity index is 1250. The van der Waals surface area contributed by atoms with Crippen LogP contribution >= 0.6 is 11.3 Å². The number of benzene rings is 2. The van der Waals surface area contributed by atoms with Crippen LogP contribution in [0.1, 0.15) is 35.2 Å². The Balaban J connectivity index is 1.96. The quantitative estimate of drug-likeness (QED) is 0.320. The molecule has 1 fully saturated rings. The van der Waals surface area contributed by atoms with Crippen molar-refractivity contribution < 1.29 is 24.2 Å². The third-order valence-corrected chi connectivity index (χ3v) is 6.29. The monoisotopic (exact) mass is 464 g/mol. The van der Waals surface area contributed by atoms with Gasteiger partial charge in [-0.3, -0.25) is 14.5 Å². The average molecular weight is 465 g/mol. The zero-order valence-corrected chi connectivity index (χ0v) is 19.6. The van der Waals surface area contributed by atoms with Crippen LogP contribution in [0.2, 0.25) is 0 Å². The van der Waals surface area contributed by atoms with Crippen molar-refractivity contribution in [3.05, 3.63) is 75.8 Å². The lowest BCUT2D eigenvalue weighted by molar-refractivity contribution is -0.132. The number of ketones is 1. The maximum absolute atomic E-state index is 13.2. The van der Waals surface area contributed by atoms with Crippen LogP contribution in [0.25, 0.3) is 5.76 Å². The van der Waals surface area contributed by atoms with E-state index in [9.17, 15) is 14.7 Å². The Labute approximate surface area is 195 Å². The van der Waals surface area contributed by atoms with Crippen LogP contribution in [0.15, 0.2) is 53.5 Å². The van der Waals surface area contributed by atoms with E-state index in [4.69, 9.17) is 9.47 Å². The van der Waals surface area contributed by atoms with Gasteiger partial charge >= 0.3 is 5.91 Å². The molecule has 1 unspecified atom stereocenters. The van der Waals surface area contributed by atoms with Crippen LogP contribution in [0.4, 0.5) is 5.13 Å². The van der Waals surface area contributed by atoms with Crippen LogP contribution in [-0.4, -0.2) is 35.5 Å². The molecule has 0 saturated carbocycles. The molecule has 1 aliphatic rings. The number of thiazole rings is 1. The summed E-state index contributed by atoms with van der Waals surface area (Å²) in [6, 6.07) is 9.94. The van der Waals surface area contributed by atoms with Crippen molar-refractivity contribution in [2.45, 2.75) is 26.8 Å². The second kappa shape index (κ2) is 9.07. The molecule has 7 nitrogen and oxygen atoms in total. The van der Waals surface area contributed by atoms with Crippen molar-refractivity contribution in [1.82, 2.24) is 4.98 Å². The number of methoxy groups -OCH3 is 1. The number of aliphatic hydroxyl groups excluding tert-OH is 1. The molecule has 1 saturated heterocycles. The number of aryl methyl sites for hydroxylation is 2. The second-order valence-electron chi connectivity index (χ2n) is 7.65. The summed E-state index contributed by atoms with van der Waals surface area (Å²) >= 11 is 1.24. The van der Waals surface area contributed by atoms with Crippen molar-refractivity contribution in [3.63, 3.8) is 0 Å². The van der Waals surface area contributed by atoms with Crippen molar-refractivity contribution in [2.24, 2.45) is 0 Å². The number of anilines is 1. The summed E-state index contributed by atoms with van der Waals surface area (Å²) in [4.78, 5) is 32.0. The van der Waals surface area contributed by atoms with Gasteiger partial charge in [0.2, 0.25) is 0 Å². The van der Waals surface area contributed by atoms with E-state index in [1.807, 2.05) is 32.9 Å². The fourth-order valence-corrected chi connectivity index (χ4v) is 4.61. The number of hydrogen-bond donors (Lipinski definition) is 1. The summed E-state index contributed by atoms with van der Waals surface area (Å²) in [7, 11) is 1.52. The van der Waals surface area contributed by atoms with E-state index < -0.39 is 17.7 Å². The number of amides is 1. The Hall–Kier alpha value is -3.65. The van der Waals surface area contributed by atoms with Gasteiger partial charge in [-0.25, -0.2) is 4.98 Å². The first-order valence-electron chi connectivity index (χ1n) is 10.5. The highest BCUT2D eigenvalue weighted by Gasteiger charge is 2.48. The molecule has 1 aromatic heterocycles. The number of ether oxygens (including phenoxy) is 2. The lowest BCUT2D eigenvalue weighted by atomic mass is 9.93. The van der Waals surface area contributed by atoms with Crippen molar-refractivity contribution in [2.75, 3.05) is 18.6 Å². The third kappa shape index (κ3) is 3.98. The van der Waals surface area contributed by atoms with Gasteiger partial charge in [0.05, 0.1) is 25.3 Å². The fourth-order valence-electron chi connectivity index (χ4n) is 3.95. The van der Waals surface area contributed by atoms with Crippen LogP contribution < -0.4 is 14.4 Å². The largest absolute Gasteiger partial charge is 0.507 e. The van der Waals surface area contributed by atoms with Gasteiger partial charge in [-0.05, 0) is 50.1 Å². The second-order valence-corrected chi connectivity index (χ2v) is 8.52. The molecule has 2 aromatic carbocycles. The summed E-state index contributed by atoms with van der Waals surface area (Å²) in [5.74, 6) is -0.710. The number of carbonyl (C=O) groups excluding carboxylic acids is 2. The predicted molar refractivity (Wildman–Crippen MR) is 127 cm³/mol. The number of aliphatic hydroxyl groups is 1. The average Bonchev–Trinajstić information content (AvgIpc) is 3.42. The summed E-state index contributed by atoms with van der Waals surface area (Å²) in [6.45, 7) is 6.08. The molecule has 1 atom stereocenters. The van der Waals surface area contributed by atoms with E-state index >= 15 is 0 Å². The molecule has 0 spiro atoms. The minimum atomic E-state index is -0.874. The Morgan fingerprint density at radius 3 is 2.61 bits per heavy atom. The minimum absolute atomic E-state index is 0.00936. The molecule has 1 amide bonds. The van der Waals surface area contributed by atoms with E-state index in [1.165, 1.54) is 23.3 Å². The smallest absolute Gasteiger partial charge is 0.301 e. The number of aromatic nitrogens is 1. The first kappa shape index (κ1) is 22.5. The van der Waals surface area contributed by atoms with Crippen molar-refractivity contribution in [1.29, 1.82) is 0 Å². The molecule has 1 aliphatic heterocycles. The van der Waals surface area contributed by atoms with E-state index in [1.54, 1.807) is 35.8 Å². The molecule has 170 valence electrons. The normalized spacial score (nSPS) is 17.5. The topological polar surface area (TPSA) is 89.0 Å². The number of nitrogens with zero attached hydrogens (tertiary/aromatic N) is 2. The standard InChI is InChI=1S/C25H24N2O5S/c1-5-32-18-9-8-16(13-19(18)31-4)21-20(22(28)17-12-14(2)6-7-15(17)3)23(29)24(30)27(21)25-26-10-11-33-25/h6-13,21,28H,5H2,1-4H3/b22-20+. The van der Waals surface area contributed by atoms with E-state index in [0.29, 0.717) is 34.4 Å². The van der Waals surface area contributed by atoms with Crippen LogP contribution in [0.3, 0.4) is 0 Å². The molecule has 8 heteroatoms. The first-order valence-corrected chi connectivity index (χ1v) is 11.3. The van der Waals surface area contributed by atoms with Gasteiger partial charge in [0.1, 0.15) is 5.76 Å². The highest BCUT2D eigenvalue weighted by atomic mass is 32.1. The number of Topliss-reactive ketones (excluding diaryl/α,β-unsaturated/α-hetero) is 1. The van der Waals surface area contributed by atoms with Crippen LogP contribution in [0, 0.1) is 13.8 Å². The molecular weight excluding hydrogens is 440 g/mol. The number of carbonyl (C=O) groups is 2.